The van der Waals surface area contributed by atoms with Gasteiger partial charge in [0.2, 0.25) is 11.8 Å². The SMILES string of the molecule is COc1ccc(C)cc1N1C[C@@H](C(=O)Nc2ccc3c(c2)OCCO3)CC1=O. The van der Waals surface area contributed by atoms with E-state index in [1.165, 1.54) is 0 Å². The van der Waals surface area contributed by atoms with Crippen LogP contribution in [0.15, 0.2) is 36.4 Å². The van der Waals surface area contributed by atoms with Crippen molar-refractivity contribution < 1.29 is 23.8 Å². The maximum atomic E-state index is 12.7. The summed E-state index contributed by atoms with van der Waals surface area (Å²) < 4.78 is 16.4. The molecule has 0 aromatic heterocycles. The van der Waals surface area contributed by atoms with Crippen molar-refractivity contribution in [3.63, 3.8) is 0 Å². The van der Waals surface area contributed by atoms with Crippen LogP contribution in [0, 0.1) is 12.8 Å². The Hall–Kier alpha value is -3.22. The van der Waals surface area contributed by atoms with Crippen LogP contribution in [0.5, 0.6) is 17.2 Å². The molecular weight excluding hydrogens is 360 g/mol. The maximum Gasteiger partial charge on any atom is 0.229 e. The predicted octanol–water partition coefficient (Wildman–Crippen LogP) is 2.77. The van der Waals surface area contributed by atoms with Gasteiger partial charge < -0.3 is 24.4 Å². The second kappa shape index (κ2) is 7.42. The zero-order valence-electron chi connectivity index (χ0n) is 15.9. The number of carbonyl (C=O) groups is 2. The lowest BCUT2D eigenvalue weighted by Gasteiger charge is -2.20. The number of anilines is 2. The molecule has 0 aliphatic carbocycles. The first-order valence-corrected chi connectivity index (χ1v) is 9.20. The number of carbonyl (C=O) groups excluding carboxylic acids is 2. The third-order valence-corrected chi connectivity index (χ3v) is 4.93. The van der Waals surface area contributed by atoms with Crippen molar-refractivity contribution >= 4 is 23.2 Å². The van der Waals surface area contributed by atoms with Crippen LogP contribution in [0.25, 0.3) is 0 Å². The number of amides is 2. The zero-order valence-corrected chi connectivity index (χ0v) is 15.9. The molecule has 7 heteroatoms. The molecule has 1 atom stereocenters. The highest BCUT2D eigenvalue weighted by Gasteiger charge is 2.36. The average molecular weight is 382 g/mol. The van der Waals surface area contributed by atoms with Crippen LogP contribution in [0.1, 0.15) is 12.0 Å². The van der Waals surface area contributed by atoms with Crippen LogP contribution < -0.4 is 24.4 Å². The molecule has 1 fully saturated rings. The molecule has 146 valence electrons. The Morgan fingerprint density at radius 3 is 2.71 bits per heavy atom. The van der Waals surface area contributed by atoms with Crippen LogP contribution >= 0.6 is 0 Å². The van der Waals surface area contributed by atoms with Gasteiger partial charge in [0.1, 0.15) is 19.0 Å². The first-order valence-electron chi connectivity index (χ1n) is 9.20. The van der Waals surface area contributed by atoms with E-state index in [1.807, 2.05) is 25.1 Å². The Morgan fingerprint density at radius 2 is 1.93 bits per heavy atom. The number of hydrogen-bond donors (Lipinski definition) is 1. The number of ether oxygens (including phenoxy) is 3. The van der Waals surface area contributed by atoms with E-state index in [4.69, 9.17) is 14.2 Å². The first-order chi connectivity index (χ1) is 13.5. The molecule has 2 aromatic rings. The van der Waals surface area contributed by atoms with E-state index < -0.39 is 5.92 Å². The molecule has 2 aliphatic heterocycles. The summed E-state index contributed by atoms with van der Waals surface area (Å²) in [4.78, 5) is 26.9. The van der Waals surface area contributed by atoms with Crippen LogP contribution in [-0.4, -0.2) is 38.7 Å². The molecule has 1 N–H and O–H groups in total. The number of benzene rings is 2. The van der Waals surface area contributed by atoms with E-state index in [1.54, 1.807) is 30.2 Å². The molecular formula is C21H22N2O5. The molecule has 0 bridgehead atoms. The number of hydrogen-bond acceptors (Lipinski definition) is 5. The number of nitrogens with one attached hydrogen (secondary N) is 1. The number of methoxy groups -OCH3 is 1. The van der Waals surface area contributed by atoms with E-state index in [0.29, 0.717) is 48.4 Å². The molecule has 2 amide bonds. The lowest BCUT2D eigenvalue weighted by atomic mass is 10.1. The van der Waals surface area contributed by atoms with Crippen LogP contribution in [0.2, 0.25) is 0 Å². The average Bonchev–Trinajstić information content (AvgIpc) is 3.09. The van der Waals surface area contributed by atoms with Gasteiger partial charge in [0.15, 0.2) is 11.5 Å². The van der Waals surface area contributed by atoms with Gasteiger partial charge in [0, 0.05) is 24.7 Å². The monoisotopic (exact) mass is 382 g/mol. The molecule has 7 nitrogen and oxygen atoms in total. The largest absolute Gasteiger partial charge is 0.495 e. The fourth-order valence-electron chi connectivity index (χ4n) is 3.49. The molecule has 0 unspecified atom stereocenters. The van der Waals surface area contributed by atoms with Crippen molar-refractivity contribution in [1.82, 2.24) is 0 Å². The van der Waals surface area contributed by atoms with Gasteiger partial charge in [0.25, 0.3) is 0 Å². The highest BCUT2D eigenvalue weighted by atomic mass is 16.6. The van der Waals surface area contributed by atoms with Crippen LogP contribution in [-0.2, 0) is 9.59 Å². The normalized spacial score (nSPS) is 18.1. The molecule has 0 saturated carbocycles. The Balaban J connectivity index is 1.48. The van der Waals surface area contributed by atoms with Crippen molar-refractivity contribution in [2.24, 2.45) is 5.92 Å². The van der Waals surface area contributed by atoms with Crippen molar-refractivity contribution in [2.75, 3.05) is 37.1 Å². The molecule has 2 heterocycles. The van der Waals surface area contributed by atoms with E-state index in [9.17, 15) is 9.59 Å². The summed E-state index contributed by atoms with van der Waals surface area (Å²) in [7, 11) is 1.57. The van der Waals surface area contributed by atoms with Gasteiger partial charge >= 0.3 is 0 Å². The molecule has 28 heavy (non-hydrogen) atoms. The minimum atomic E-state index is -0.439. The topological polar surface area (TPSA) is 77.1 Å². The minimum Gasteiger partial charge on any atom is -0.495 e. The fourth-order valence-corrected chi connectivity index (χ4v) is 3.49. The Bertz CT molecular complexity index is 927. The summed E-state index contributed by atoms with van der Waals surface area (Å²) >= 11 is 0. The Morgan fingerprint density at radius 1 is 1.14 bits per heavy atom. The fraction of sp³-hybridized carbons (Fsp3) is 0.333. The second-order valence-corrected chi connectivity index (χ2v) is 6.93. The molecule has 2 aliphatic rings. The second-order valence-electron chi connectivity index (χ2n) is 6.93. The van der Waals surface area contributed by atoms with E-state index >= 15 is 0 Å². The van der Waals surface area contributed by atoms with Crippen molar-refractivity contribution in [1.29, 1.82) is 0 Å². The molecule has 1 saturated heterocycles. The molecule has 2 aromatic carbocycles. The maximum absolute atomic E-state index is 12.7. The lowest BCUT2D eigenvalue weighted by Crippen LogP contribution is -2.28. The number of aryl methyl sites for hydroxylation is 1. The minimum absolute atomic E-state index is 0.0915. The van der Waals surface area contributed by atoms with E-state index in [0.717, 1.165) is 5.56 Å². The first kappa shape index (κ1) is 18.2. The van der Waals surface area contributed by atoms with Crippen molar-refractivity contribution in [2.45, 2.75) is 13.3 Å². The molecule has 0 radical (unpaired) electrons. The third kappa shape index (κ3) is 3.47. The van der Waals surface area contributed by atoms with Gasteiger partial charge in [-0.05, 0) is 36.8 Å². The van der Waals surface area contributed by atoms with Crippen LogP contribution in [0.3, 0.4) is 0 Å². The lowest BCUT2D eigenvalue weighted by molar-refractivity contribution is -0.122. The highest BCUT2D eigenvalue weighted by molar-refractivity contribution is 6.04. The van der Waals surface area contributed by atoms with E-state index in [-0.39, 0.29) is 18.2 Å². The van der Waals surface area contributed by atoms with Gasteiger partial charge in [-0.2, -0.15) is 0 Å². The molecule has 4 rings (SSSR count). The zero-order chi connectivity index (χ0) is 19.7. The smallest absolute Gasteiger partial charge is 0.229 e. The third-order valence-electron chi connectivity index (χ3n) is 4.93. The predicted molar refractivity (Wildman–Crippen MR) is 104 cm³/mol. The van der Waals surface area contributed by atoms with Crippen molar-refractivity contribution in [3.8, 4) is 17.2 Å². The summed E-state index contributed by atoms with van der Waals surface area (Å²) in [5, 5.41) is 2.88. The quantitative estimate of drug-likeness (QED) is 0.880. The van der Waals surface area contributed by atoms with E-state index in [2.05, 4.69) is 5.32 Å². The highest BCUT2D eigenvalue weighted by Crippen LogP contribution is 2.35. The van der Waals surface area contributed by atoms with Gasteiger partial charge in [-0.25, -0.2) is 0 Å². The summed E-state index contributed by atoms with van der Waals surface area (Å²) in [6.07, 6.45) is 0.160. The summed E-state index contributed by atoms with van der Waals surface area (Å²) in [6, 6.07) is 10.9. The Labute approximate surface area is 163 Å². The van der Waals surface area contributed by atoms with Gasteiger partial charge in [-0.15, -0.1) is 0 Å². The van der Waals surface area contributed by atoms with Crippen molar-refractivity contribution in [3.05, 3.63) is 42.0 Å². The standard InChI is InChI=1S/C21H22N2O5/c1-13-3-5-17(26-2)16(9-13)23-12-14(10-20(23)24)21(25)22-15-4-6-18-19(11-15)28-8-7-27-18/h3-6,9,11,14H,7-8,10,12H2,1-2H3,(H,22,25)/t14-/m0/s1. The van der Waals surface area contributed by atoms with Gasteiger partial charge in [-0.1, -0.05) is 6.07 Å². The summed E-state index contributed by atoms with van der Waals surface area (Å²) in [5.41, 5.74) is 2.34. The molecule has 0 spiro atoms. The van der Waals surface area contributed by atoms with Gasteiger partial charge in [-0.3, -0.25) is 9.59 Å². The van der Waals surface area contributed by atoms with Gasteiger partial charge in [0.05, 0.1) is 18.7 Å². The number of rotatable bonds is 4. The number of fused-ring (bicyclic) bond motifs is 1. The Kier molecular flexibility index (Phi) is 4.81. The number of nitrogens with zero attached hydrogens (tertiary/aromatic N) is 1. The summed E-state index contributed by atoms with van der Waals surface area (Å²) in [6.45, 7) is 3.26. The van der Waals surface area contributed by atoms with Crippen LogP contribution in [0.4, 0.5) is 11.4 Å². The summed E-state index contributed by atoms with van der Waals surface area (Å²) in [5.74, 6) is 1.17.